The Hall–Kier alpha value is -1.54. The van der Waals surface area contributed by atoms with Crippen molar-refractivity contribution in [1.82, 2.24) is 21.3 Å². The first kappa shape index (κ1) is 30.5. The molecule has 0 aliphatic heterocycles. The molecule has 0 heterocycles. The molecule has 0 aromatic heterocycles. The number of alkyl carbamates (subject to hydrolysis) is 2. The van der Waals surface area contributed by atoms with E-state index in [9.17, 15) is 9.59 Å². The van der Waals surface area contributed by atoms with Crippen LogP contribution in [0.1, 0.15) is 82.1 Å². The predicted molar refractivity (Wildman–Crippen MR) is 131 cm³/mol. The summed E-state index contributed by atoms with van der Waals surface area (Å²) in [6, 6.07) is 0. The number of ether oxygens (including phenoxy) is 2. The molecule has 0 radical (unpaired) electrons. The van der Waals surface area contributed by atoms with Gasteiger partial charge in [0.2, 0.25) is 0 Å². The fraction of sp³-hybridized carbons (Fsp3) is 0.917. The van der Waals surface area contributed by atoms with Crippen LogP contribution in [0.4, 0.5) is 9.59 Å². The van der Waals surface area contributed by atoms with Crippen molar-refractivity contribution in [1.29, 1.82) is 0 Å². The molecule has 2 amide bonds. The third kappa shape index (κ3) is 19.2. The van der Waals surface area contributed by atoms with E-state index in [1.807, 2.05) is 41.5 Å². The van der Waals surface area contributed by atoms with Gasteiger partial charge in [-0.05, 0) is 78.3 Å². The van der Waals surface area contributed by atoms with Crippen LogP contribution in [-0.4, -0.2) is 62.7 Å². The topological polar surface area (TPSA) is 101 Å². The Morgan fingerprint density at radius 2 is 0.875 bits per heavy atom. The second kappa shape index (κ2) is 13.2. The van der Waals surface area contributed by atoms with Crippen molar-refractivity contribution in [2.24, 2.45) is 10.8 Å². The molecule has 0 atom stereocenters. The quantitative estimate of drug-likeness (QED) is 0.311. The first-order valence-electron chi connectivity index (χ1n) is 11.8. The highest BCUT2D eigenvalue weighted by Crippen LogP contribution is 2.14. The first-order valence-corrected chi connectivity index (χ1v) is 11.8. The molecule has 0 fully saturated rings. The summed E-state index contributed by atoms with van der Waals surface area (Å²) in [6.07, 6.45) is 1.39. The van der Waals surface area contributed by atoms with Gasteiger partial charge in [0.1, 0.15) is 11.2 Å². The van der Waals surface area contributed by atoms with Gasteiger partial charge in [0.25, 0.3) is 0 Å². The van der Waals surface area contributed by atoms with Crippen LogP contribution in [0.3, 0.4) is 0 Å². The van der Waals surface area contributed by atoms with Gasteiger partial charge in [-0.15, -0.1) is 0 Å². The standard InChI is InChI=1S/C24H50N4O4/c1-21(2,3)31-19(29)27-17-23(7,8)15-25-13-11-12-14-26-16-24(9,10)18-28-20(30)32-22(4,5)6/h25-26H,11-18H2,1-10H3,(H,27,29)(H,28,30). The summed E-state index contributed by atoms with van der Waals surface area (Å²) < 4.78 is 10.6. The van der Waals surface area contributed by atoms with Gasteiger partial charge in [-0.1, -0.05) is 27.7 Å². The number of rotatable bonds is 13. The minimum atomic E-state index is -0.482. The van der Waals surface area contributed by atoms with Crippen LogP contribution in [0.15, 0.2) is 0 Å². The minimum Gasteiger partial charge on any atom is -0.444 e. The monoisotopic (exact) mass is 458 g/mol. The lowest BCUT2D eigenvalue weighted by molar-refractivity contribution is 0.0495. The highest BCUT2D eigenvalue weighted by molar-refractivity contribution is 5.68. The third-order valence-corrected chi connectivity index (χ3v) is 4.38. The maximum atomic E-state index is 11.8. The molecule has 0 bridgehead atoms. The molecule has 0 aromatic rings. The van der Waals surface area contributed by atoms with E-state index < -0.39 is 11.2 Å². The molecule has 190 valence electrons. The van der Waals surface area contributed by atoms with Crippen LogP contribution >= 0.6 is 0 Å². The molecule has 0 saturated heterocycles. The molecule has 0 spiro atoms. The maximum Gasteiger partial charge on any atom is 0.407 e. The van der Waals surface area contributed by atoms with Crippen LogP contribution < -0.4 is 21.3 Å². The third-order valence-electron chi connectivity index (χ3n) is 4.38. The average molecular weight is 459 g/mol. The molecule has 0 aliphatic carbocycles. The Kier molecular flexibility index (Phi) is 12.6. The molecular weight excluding hydrogens is 408 g/mol. The number of unbranched alkanes of at least 4 members (excludes halogenated alkanes) is 1. The second-order valence-corrected chi connectivity index (χ2v) is 12.1. The van der Waals surface area contributed by atoms with E-state index in [0.29, 0.717) is 13.1 Å². The molecular formula is C24H50N4O4. The van der Waals surface area contributed by atoms with Crippen molar-refractivity contribution in [3.05, 3.63) is 0 Å². The summed E-state index contributed by atoms with van der Waals surface area (Å²) in [4.78, 5) is 23.6. The van der Waals surface area contributed by atoms with Crippen LogP contribution in [-0.2, 0) is 9.47 Å². The van der Waals surface area contributed by atoms with E-state index in [2.05, 4.69) is 49.0 Å². The van der Waals surface area contributed by atoms with Gasteiger partial charge in [-0.3, -0.25) is 0 Å². The van der Waals surface area contributed by atoms with E-state index in [0.717, 1.165) is 39.0 Å². The highest BCUT2D eigenvalue weighted by Gasteiger charge is 2.22. The number of amides is 2. The van der Waals surface area contributed by atoms with Crippen LogP contribution in [0.25, 0.3) is 0 Å². The summed E-state index contributed by atoms with van der Waals surface area (Å²) in [6.45, 7) is 24.2. The van der Waals surface area contributed by atoms with E-state index in [-0.39, 0.29) is 23.0 Å². The summed E-state index contributed by atoms with van der Waals surface area (Å²) >= 11 is 0. The SMILES string of the molecule is CC(C)(CNCCCCNCC(C)(C)CNC(=O)OC(C)(C)C)CNC(=O)OC(C)(C)C. The Labute approximate surface area is 196 Å². The van der Waals surface area contributed by atoms with Gasteiger partial charge in [-0.2, -0.15) is 0 Å². The molecule has 0 unspecified atom stereocenters. The van der Waals surface area contributed by atoms with Crippen molar-refractivity contribution in [2.45, 2.75) is 93.3 Å². The lowest BCUT2D eigenvalue weighted by atomic mass is 9.93. The normalized spacial score (nSPS) is 12.9. The van der Waals surface area contributed by atoms with Gasteiger partial charge in [0.15, 0.2) is 0 Å². The summed E-state index contributed by atoms with van der Waals surface area (Å²) in [5.41, 5.74) is -1.07. The van der Waals surface area contributed by atoms with Crippen molar-refractivity contribution in [3.8, 4) is 0 Å². The number of carbonyl (C=O) groups excluding carboxylic acids is 2. The Bertz CT molecular complexity index is 513. The molecule has 0 aromatic carbocycles. The lowest BCUT2D eigenvalue weighted by Crippen LogP contribution is -2.42. The fourth-order valence-corrected chi connectivity index (χ4v) is 2.73. The Balaban J connectivity index is 3.85. The molecule has 0 saturated carbocycles. The maximum absolute atomic E-state index is 11.8. The zero-order valence-electron chi connectivity index (χ0n) is 22.3. The van der Waals surface area contributed by atoms with Crippen LogP contribution in [0.2, 0.25) is 0 Å². The Morgan fingerprint density at radius 3 is 1.16 bits per heavy atom. The van der Waals surface area contributed by atoms with Crippen LogP contribution in [0.5, 0.6) is 0 Å². The lowest BCUT2D eigenvalue weighted by Gasteiger charge is -2.27. The van der Waals surface area contributed by atoms with Gasteiger partial charge in [0.05, 0.1) is 0 Å². The van der Waals surface area contributed by atoms with Gasteiger partial charge in [-0.25, -0.2) is 9.59 Å². The van der Waals surface area contributed by atoms with Crippen molar-refractivity contribution < 1.29 is 19.1 Å². The van der Waals surface area contributed by atoms with E-state index >= 15 is 0 Å². The summed E-state index contributed by atoms with van der Waals surface area (Å²) in [7, 11) is 0. The van der Waals surface area contributed by atoms with E-state index in [1.54, 1.807) is 0 Å². The molecule has 0 rings (SSSR count). The second-order valence-electron chi connectivity index (χ2n) is 12.1. The average Bonchev–Trinajstić information content (AvgIpc) is 2.58. The Morgan fingerprint density at radius 1 is 0.562 bits per heavy atom. The number of hydrogen-bond acceptors (Lipinski definition) is 6. The number of carbonyl (C=O) groups is 2. The molecule has 32 heavy (non-hydrogen) atoms. The molecule has 4 N–H and O–H groups in total. The fourth-order valence-electron chi connectivity index (χ4n) is 2.73. The number of hydrogen-bond donors (Lipinski definition) is 4. The minimum absolute atomic E-state index is 0.0552. The summed E-state index contributed by atoms with van der Waals surface area (Å²) in [5.74, 6) is 0. The smallest absolute Gasteiger partial charge is 0.407 e. The van der Waals surface area contributed by atoms with Gasteiger partial charge < -0.3 is 30.7 Å². The molecule has 0 aliphatic rings. The van der Waals surface area contributed by atoms with Crippen molar-refractivity contribution in [3.63, 3.8) is 0 Å². The summed E-state index contributed by atoms with van der Waals surface area (Å²) in [5, 5.41) is 12.6. The van der Waals surface area contributed by atoms with Gasteiger partial charge >= 0.3 is 12.2 Å². The zero-order valence-corrected chi connectivity index (χ0v) is 22.3. The van der Waals surface area contributed by atoms with Crippen molar-refractivity contribution in [2.75, 3.05) is 39.3 Å². The first-order chi connectivity index (χ1) is 14.4. The van der Waals surface area contributed by atoms with Crippen LogP contribution in [0, 0.1) is 10.8 Å². The molecule has 8 heteroatoms. The largest absolute Gasteiger partial charge is 0.444 e. The van der Waals surface area contributed by atoms with E-state index in [1.165, 1.54) is 0 Å². The van der Waals surface area contributed by atoms with Gasteiger partial charge in [0, 0.05) is 26.2 Å². The van der Waals surface area contributed by atoms with Crippen molar-refractivity contribution >= 4 is 12.2 Å². The highest BCUT2D eigenvalue weighted by atomic mass is 16.6. The zero-order chi connectivity index (χ0) is 25.1. The number of nitrogens with one attached hydrogen (secondary N) is 4. The molecule has 8 nitrogen and oxygen atoms in total. The predicted octanol–water partition coefficient (Wildman–Crippen LogP) is 4.05. The van der Waals surface area contributed by atoms with E-state index in [4.69, 9.17) is 9.47 Å².